The average molecular weight is 317 g/mol. The van der Waals surface area contributed by atoms with Crippen molar-refractivity contribution < 1.29 is 9.53 Å². The molecule has 4 rings (SSSR count). The van der Waals surface area contributed by atoms with Gasteiger partial charge in [-0.2, -0.15) is 5.10 Å². The van der Waals surface area contributed by atoms with E-state index in [9.17, 15) is 4.79 Å². The second kappa shape index (κ2) is 5.62. The van der Waals surface area contributed by atoms with Gasteiger partial charge in [0.15, 0.2) is 0 Å². The van der Waals surface area contributed by atoms with Gasteiger partial charge < -0.3 is 9.64 Å². The van der Waals surface area contributed by atoms with Crippen molar-refractivity contribution >= 4 is 5.91 Å². The highest BCUT2D eigenvalue weighted by Crippen LogP contribution is 2.48. The van der Waals surface area contributed by atoms with E-state index in [1.807, 2.05) is 19.4 Å². The first-order valence-corrected chi connectivity index (χ1v) is 8.95. The second-order valence-corrected chi connectivity index (χ2v) is 7.99. The maximum atomic E-state index is 13.1. The molecule has 3 heterocycles. The molecule has 1 saturated carbocycles. The zero-order valence-corrected chi connectivity index (χ0v) is 14.2. The van der Waals surface area contributed by atoms with Gasteiger partial charge in [0.25, 0.3) is 0 Å². The van der Waals surface area contributed by atoms with Crippen molar-refractivity contribution in [3.8, 4) is 0 Å². The van der Waals surface area contributed by atoms with E-state index in [4.69, 9.17) is 4.74 Å². The fraction of sp³-hybridized carbons (Fsp3) is 0.778. The van der Waals surface area contributed by atoms with Crippen LogP contribution in [0.4, 0.5) is 0 Å². The predicted octanol–water partition coefficient (Wildman–Crippen LogP) is 2.54. The summed E-state index contributed by atoms with van der Waals surface area (Å²) in [4.78, 5) is 15.2. The van der Waals surface area contributed by atoms with Crippen LogP contribution in [0.5, 0.6) is 0 Å². The predicted molar refractivity (Wildman–Crippen MR) is 86.7 cm³/mol. The molecule has 0 radical (unpaired) electrons. The lowest BCUT2D eigenvalue weighted by Gasteiger charge is -2.27. The lowest BCUT2D eigenvalue weighted by Crippen LogP contribution is -2.37. The van der Waals surface area contributed by atoms with Crippen molar-refractivity contribution in [2.24, 2.45) is 24.3 Å². The minimum atomic E-state index is -0.116. The molecule has 23 heavy (non-hydrogen) atoms. The molecule has 126 valence electrons. The summed E-state index contributed by atoms with van der Waals surface area (Å²) >= 11 is 0. The molecule has 0 unspecified atom stereocenters. The number of hydrogen-bond donors (Lipinski definition) is 0. The lowest BCUT2D eigenvalue weighted by atomic mass is 9.84. The molecular formula is C18H27N3O2. The minimum Gasteiger partial charge on any atom is -0.373 e. The molecule has 1 amide bonds. The number of nitrogens with zero attached hydrogens (tertiary/aromatic N) is 3. The highest BCUT2D eigenvalue weighted by Gasteiger charge is 2.46. The van der Waals surface area contributed by atoms with Crippen LogP contribution in [0.2, 0.25) is 0 Å². The summed E-state index contributed by atoms with van der Waals surface area (Å²) in [6.07, 6.45) is 9.63. The van der Waals surface area contributed by atoms with Crippen LogP contribution in [0.3, 0.4) is 0 Å². The third-order valence-electron chi connectivity index (χ3n) is 6.16. The van der Waals surface area contributed by atoms with Gasteiger partial charge in [0.1, 0.15) is 0 Å². The van der Waals surface area contributed by atoms with Gasteiger partial charge in [0.2, 0.25) is 5.91 Å². The van der Waals surface area contributed by atoms with Crippen molar-refractivity contribution in [1.29, 1.82) is 0 Å². The number of ether oxygens (including phenoxy) is 1. The molecule has 2 aliphatic heterocycles. The normalized spacial score (nSPS) is 37.1. The fourth-order valence-electron chi connectivity index (χ4n) is 4.98. The molecule has 0 bridgehead atoms. The fourth-order valence-corrected chi connectivity index (χ4v) is 4.98. The first-order valence-electron chi connectivity index (χ1n) is 8.95. The van der Waals surface area contributed by atoms with Gasteiger partial charge in [-0.3, -0.25) is 9.48 Å². The van der Waals surface area contributed by atoms with E-state index < -0.39 is 0 Å². The molecule has 1 aliphatic carbocycles. The van der Waals surface area contributed by atoms with Crippen molar-refractivity contribution in [3.63, 3.8) is 0 Å². The van der Waals surface area contributed by atoms with Crippen LogP contribution in [0.1, 0.15) is 50.7 Å². The minimum absolute atomic E-state index is 0.0341. The quantitative estimate of drug-likeness (QED) is 0.842. The van der Waals surface area contributed by atoms with Crippen LogP contribution in [-0.4, -0.2) is 40.3 Å². The largest absolute Gasteiger partial charge is 0.373 e. The van der Waals surface area contributed by atoms with E-state index in [0.717, 1.165) is 31.0 Å². The van der Waals surface area contributed by atoms with Gasteiger partial charge in [-0.05, 0) is 37.0 Å². The van der Waals surface area contributed by atoms with Crippen molar-refractivity contribution in [2.45, 2.75) is 45.1 Å². The van der Waals surface area contributed by atoms with E-state index in [0.29, 0.717) is 17.9 Å². The second-order valence-electron chi connectivity index (χ2n) is 7.99. The maximum absolute atomic E-state index is 13.1. The Morgan fingerprint density at radius 2 is 2.26 bits per heavy atom. The Labute approximate surface area is 138 Å². The number of carbonyl (C=O) groups is 1. The molecule has 1 aromatic rings. The number of amides is 1. The number of aryl methyl sites for hydroxylation is 1. The zero-order valence-electron chi connectivity index (χ0n) is 14.2. The summed E-state index contributed by atoms with van der Waals surface area (Å²) in [7, 11) is 1.90. The van der Waals surface area contributed by atoms with Gasteiger partial charge in [-0.1, -0.05) is 13.3 Å². The van der Waals surface area contributed by atoms with Gasteiger partial charge in [-0.15, -0.1) is 0 Å². The summed E-state index contributed by atoms with van der Waals surface area (Å²) in [6, 6.07) is 0. The molecule has 4 atom stereocenters. The van der Waals surface area contributed by atoms with Crippen molar-refractivity contribution in [2.75, 3.05) is 19.7 Å². The van der Waals surface area contributed by atoms with Crippen molar-refractivity contribution in [1.82, 2.24) is 14.7 Å². The Morgan fingerprint density at radius 1 is 1.39 bits per heavy atom. The zero-order chi connectivity index (χ0) is 16.0. The van der Waals surface area contributed by atoms with Gasteiger partial charge >= 0.3 is 0 Å². The highest BCUT2D eigenvalue weighted by atomic mass is 16.5. The van der Waals surface area contributed by atoms with Gasteiger partial charge in [-0.25, -0.2) is 0 Å². The van der Waals surface area contributed by atoms with E-state index in [1.54, 1.807) is 4.68 Å². The number of rotatable bonds is 2. The monoisotopic (exact) mass is 317 g/mol. The van der Waals surface area contributed by atoms with Gasteiger partial charge in [0, 0.05) is 38.5 Å². The first-order chi connectivity index (χ1) is 11.1. The SMILES string of the molecule is C[C@H]1CC[C@@]2(CCN(C(=O)[C@H]3CCO[C@@H]3c3cnn(C)c3)C2)C1. The summed E-state index contributed by atoms with van der Waals surface area (Å²) in [5, 5.41) is 4.23. The van der Waals surface area contributed by atoms with Gasteiger partial charge in [0.05, 0.1) is 18.2 Å². The van der Waals surface area contributed by atoms with E-state index in [2.05, 4.69) is 16.9 Å². The third kappa shape index (κ3) is 2.69. The molecule has 5 heteroatoms. The Bertz CT molecular complexity index is 599. The molecule has 3 aliphatic rings. The number of carbonyl (C=O) groups excluding carboxylic acids is 1. The smallest absolute Gasteiger partial charge is 0.228 e. The first kappa shape index (κ1) is 15.2. The number of hydrogen-bond acceptors (Lipinski definition) is 3. The Morgan fingerprint density at radius 3 is 2.96 bits per heavy atom. The molecule has 0 aromatic carbocycles. The molecular weight excluding hydrogens is 290 g/mol. The summed E-state index contributed by atoms with van der Waals surface area (Å²) in [5.74, 6) is 1.09. The molecule has 3 fully saturated rings. The third-order valence-corrected chi connectivity index (χ3v) is 6.16. The van der Waals surface area contributed by atoms with Crippen LogP contribution in [0.15, 0.2) is 12.4 Å². The Kier molecular flexibility index (Phi) is 3.71. The highest BCUT2D eigenvalue weighted by molar-refractivity contribution is 5.80. The number of aromatic nitrogens is 2. The maximum Gasteiger partial charge on any atom is 0.228 e. The number of likely N-dealkylation sites (tertiary alicyclic amines) is 1. The van der Waals surface area contributed by atoms with Crippen LogP contribution in [0, 0.1) is 17.3 Å². The topological polar surface area (TPSA) is 47.4 Å². The molecule has 5 nitrogen and oxygen atoms in total. The summed E-state index contributed by atoms with van der Waals surface area (Å²) in [5.41, 5.74) is 1.45. The summed E-state index contributed by atoms with van der Waals surface area (Å²) in [6.45, 7) is 4.92. The van der Waals surface area contributed by atoms with Crippen LogP contribution in [-0.2, 0) is 16.6 Å². The Hall–Kier alpha value is -1.36. The van der Waals surface area contributed by atoms with Crippen molar-refractivity contribution in [3.05, 3.63) is 18.0 Å². The molecule has 1 aromatic heterocycles. The average Bonchev–Trinajstić information content (AvgIpc) is 3.27. The molecule has 1 spiro atoms. The van der Waals surface area contributed by atoms with Crippen LogP contribution < -0.4 is 0 Å². The van der Waals surface area contributed by atoms with E-state index >= 15 is 0 Å². The molecule has 2 saturated heterocycles. The Balaban J connectivity index is 1.46. The standard InChI is InChI=1S/C18H27N3O2/c1-13-3-5-18(9-13)6-7-21(12-18)17(22)15-4-8-23-16(15)14-10-19-20(2)11-14/h10-11,13,15-16H,3-9,12H2,1-2H3/t13-,15-,16+,18+/m0/s1. The van der Waals surface area contributed by atoms with E-state index in [1.165, 1.54) is 25.7 Å². The molecule has 0 N–H and O–H groups in total. The van der Waals surface area contributed by atoms with Crippen LogP contribution in [0.25, 0.3) is 0 Å². The van der Waals surface area contributed by atoms with Crippen LogP contribution >= 0.6 is 0 Å². The summed E-state index contributed by atoms with van der Waals surface area (Å²) < 4.78 is 7.66. The van der Waals surface area contributed by atoms with E-state index in [-0.39, 0.29) is 12.0 Å². The lowest BCUT2D eigenvalue weighted by molar-refractivity contribution is -0.136.